The van der Waals surface area contributed by atoms with Gasteiger partial charge < -0.3 is 41.7 Å². The predicted octanol–water partition coefficient (Wildman–Crippen LogP) is -0.422. The summed E-state index contributed by atoms with van der Waals surface area (Å²) in [5.74, 6) is -7.75. The number of hydrogen-bond donors (Lipinski definition) is 7. The van der Waals surface area contributed by atoms with Crippen LogP contribution in [0, 0.1) is 11.8 Å². The number of aliphatic hydroxyl groups excluding tert-OH is 2. The molecule has 0 heterocycles. The van der Waals surface area contributed by atoms with Crippen LogP contribution in [-0.2, 0) is 25.6 Å². The third-order valence-corrected chi connectivity index (χ3v) is 7.99. The van der Waals surface area contributed by atoms with Gasteiger partial charge in [0.1, 0.15) is 22.8 Å². The molecular formula is C27H35N5O8. The van der Waals surface area contributed by atoms with E-state index in [0.717, 1.165) is 0 Å². The number of anilines is 2. The van der Waals surface area contributed by atoms with Gasteiger partial charge in [-0.05, 0) is 51.0 Å². The van der Waals surface area contributed by atoms with E-state index < -0.39 is 69.7 Å². The molecule has 2 unspecified atom stereocenters. The molecule has 13 nitrogen and oxygen atoms in total. The third kappa shape index (κ3) is 4.21. The van der Waals surface area contributed by atoms with E-state index in [0.29, 0.717) is 17.8 Å². The highest BCUT2D eigenvalue weighted by Gasteiger charge is 2.64. The number of Topliss-reactive ketones (excluding diaryl/α,β-unsaturated/α-hetero) is 2. The lowest BCUT2D eigenvalue weighted by atomic mass is 9.57. The maximum absolute atomic E-state index is 14.0. The molecule has 0 spiro atoms. The molecule has 4 rings (SSSR count). The molecule has 0 aliphatic heterocycles. The van der Waals surface area contributed by atoms with Gasteiger partial charge in [0.15, 0.2) is 11.4 Å². The average Bonchev–Trinajstić information content (AvgIpc) is 2.85. The second-order valence-corrected chi connectivity index (χ2v) is 10.8. The molecule has 8 N–H and O–H groups in total. The van der Waals surface area contributed by atoms with Crippen molar-refractivity contribution in [3.8, 4) is 5.75 Å². The summed E-state index contributed by atoms with van der Waals surface area (Å²) >= 11 is 0. The summed E-state index contributed by atoms with van der Waals surface area (Å²) in [5, 5.41) is 50.8. The standard InChI is InChI=1S/C27H35N5O8/c1-6-29-10-16(33)30-14-9-15(31(2)3)12-7-11-8-13-20(32(4)5)23(36)19(26(28)39)25(38)27(13,40)24(37)17(11)22(35)18(12)21(14)34/h9,11,13,20,29,34-35,38,40H,6-8,10H2,1-5H3,(H2,28,39)(H,30,33)/t11?,13?,20-,27-/m0/s1. The maximum Gasteiger partial charge on any atom is 0.255 e. The van der Waals surface area contributed by atoms with Crippen LogP contribution in [0.5, 0.6) is 5.75 Å². The SMILES string of the molecule is CCNCC(=O)Nc1cc(N(C)C)c2c(c1O)C(O)=C1C(=O)[C@]3(O)C(O)=C(C(N)=O)C(=O)[C@@H](N(C)C)C3CC1C2. The van der Waals surface area contributed by atoms with Crippen LogP contribution in [0.25, 0.3) is 5.76 Å². The second-order valence-electron chi connectivity index (χ2n) is 10.8. The Kier molecular flexibility index (Phi) is 7.43. The Balaban J connectivity index is 1.93. The molecule has 0 bridgehead atoms. The van der Waals surface area contributed by atoms with Crippen molar-refractivity contribution in [3.63, 3.8) is 0 Å². The van der Waals surface area contributed by atoms with Crippen molar-refractivity contribution in [1.29, 1.82) is 0 Å². The zero-order valence-corrected chi connectivity index (χ0v) is 23.0. The van der Waals surface area contributed by atoms with Crippen molar-refractivity contribution >= 4 is 40.5 Å². The van der Waals surface area contributed by atoms with Gasteiger partial charge in [-0.2, -0.15) is 0 Å². The number of carbonyl (C=O) groups is 4. The molecule has 1 saturated carbocycles. The summed E-state index contributed by atoms with van der Waals surface area (Å²) in [6, 6.07) is 0.408. The van der Waals surface area contributed by atoms with E-state index in [1.165, 1.54) is 4.90 Å². The maximum atomic E-state index is 14.0. The fraction of sp³-hybridized carbons (Fsp3) is 0.481. The molecule has 1 aromatic rings. The number of hydrogen-bond acceptors (Lipinski definition) is 11. The van der Waals surface area contributed by atoms with Gasteiger partial charge in [-0.25, -0.2) is 0 Å². The van der Waals surface area contributed by atoms with Gasteiger partial charge in [-0.15, -0.1) is 0 Å². The normalized spacial score (nSPS) is 25.9. The molecule has 13 heteroatoms. The summed E-state index contributed by atoms with van der Waals surface area (Å²) in [6.45, 7) is 2.36. The lowest BCUT2D eigenvalue weighted by Gasteiger charge is -2.50. The number of nitrogens with two attached hydrogens (primary N) is 1. The summed E-state index contributed by atoms with van der Waals surface area (Å²) in [6.07, 6.45) is 0.127. The van der Waals surface area contributed by atoms with Crippen LogP contribution in [-0.4, -0.2) is 102 Å². The van der Waals surface area contributed by atoms with Crippen molar-refractivity contribution in [2.75, 3.05) is 51.5 Å². The first-order valence-electron chi connectivity index (χ1n) is 12.9. The number of phenols is 1. The number of aromatic hydroxyl groups is 1. The molecule has 1 aromatic carbocycles. The second kappa shape index (κ2) is 10.2. The molecule has 2 amide bonds. The van der Waals surface area contributed by atoms with Gasteiger partial charge in [-0.3, -0.25) is 24.1 Å². The molecule has 3 aliphatic rings. The minimum absolute atomic E-state index is 0.00509. The van der Waals surface area contributed by atoms with Crippen LogP contribution in [0.4, 0.5) is 11.4 Å². The molecule has 0 radical (unpaired) electrons. The number of primary amides is 1. The summed E-state index contributed by atoms with van der Waals surface area (Å²) in [4.78, 5) is 54.9. The monoisotopic (exact) mass is 557 g/mol. The largest absolute Gasteiger partial charge is 0.508 e. The number of fused-ring (bicyclic) bond motifs is 3. The number of ketones is 2. The van der Waals surface area contributed by atoms with Crippen LogP contribution in [0.2, 0.25) is 0 Å². The number of nitrogens with zero attached hydrogens (tertiary/aromatic N) is 2. The van der Waals surface area contributed by atoms with Crippen molar-refractivity contribution in [2.24, 2.45) is 17.6 Å². The Morgan fingerprint density at radius 2 is 1.80 bits per heavy atom. The van der Waals surface area contributed by atoms with Crippen molar-refractivity contribution in [3.05, 3.63) is 34.1 Å². The topological polar surface area (TPSA) is 206 Å². The smallest absolute Gasteiger partial charge is 0.255 e. The van der Waals surface area contributed by atoms with E-state index in [1.54, 1.807) is 39.2 Å². The highest BCUT2D eigenvalue weighted by atomic mass is 16.3. The van der Waals surface area contributed by atoms with Crippen molar-refractivity contribution < 1.29 is 39.6 Å². The van der Waals surface area contributed by atoms with Gasteiger partial charge in [0, 0.05) is 31.3 Å². The highest BCUT2D eigenvalue weighted by Crippen LogP contribution is 2.54. The first-order chi connectivity index (χ1) is 18.7. The van der Waals surface area contributed by atoms with Gasteiger partial charge in [-0.1, -0.05) is 6.92 Å². The van der Waals surface area contributed by atoms with Gasteiger partial charge >= 0.3 is 0 Å². The number of amides is 2. The van der Waals surface area contributed by atoms with E-state index in [2.05, 4.69) is 10.6 Å². The Bertz CT molecular complexity index is 1380. The quantitative estimate of drug-likeness (QED) is 0.169. The molecule has 3 aliphatic carbocycles. The molecule has 4 atom stereocenters. The fourth-order valence-electron chi connectivity index (χ4n) is 6.22. The minimum Gasteiger partial charge on any atom is -0.508 e. The van der Waals surface area contributed by atoms with E-state index in [1.807, 2.05) is 6.92 Å². The van der Waals surface area contributed by atoms with E-state index in [9.17, 15) is 39.6 Å². The molecular weight excluding hydrogens is 522 g/mol. The summed E-state index contributed by atoms with van der Waals surface area (Å²) in [7, 11) is 6.57. The Hall–Kier alpha value is -3.94. The van der Waals surface area contributed by atoms with Crippen LogP contribution >= 0.6 is 0 Å². The van der Waals surface area contributed by atoms with Gasteiger partial charge in [0.05, 0.1) is 23.8 Å². The lowest BCUT2D eigenvalue weighted by Crippen LogP contribution is -2.65. The molecule has 40 heavy (non-hydrogen) atoms. The first-order valence-corrected chi connectivity index (χ1v) is 12.9. The Labute approximate surface area is 230 Å². The first kappa shape index (κ1) is 29.1. The van der Waals surface area contributed by atoms with Crippen molar-refractivity contribution in [1.82, 2.24) is 10.2 Å². The zero-order valence-electron chi connectivity index (χ0n) is 23.0. The molecule has 0 aromatic heterocycles. The molecule has 216 valence electrons. The predicted molar refractivity (Wildman–Crippen MR) is 146 cm³/mol. The van der Waals surface area contributed by atoms with Crippen LogP contribution in [0.3, 0.4) is 0 Å². The highest BCUT2D eigenvalue weighted by molar-refractivity contribution is 6.24. The summed E-state index contributed by atoms with van der Waals surface area (Å²) < 4.78 is 0. The average molecular weight is 558 g/mol. The summed E-state index contributed by atoms with van der Waals surface area (Å²) in [5.41, 5.74) is 2.47. The van der Waals surface area contributed by atoms with Crippen LogP contribution in [0.1, 0.15) is 24.5 Å². The van der Waals surface area contributed by atoms with E-state index in [-0.39, 0.29) is 36.2 Å². The van der Waals surface area contributed by atoms with E-state index >= 15 is 0 Å². The van der Waals surface area contributed by atoms with Gasteiger partial charge in [0.25, 0.3) is 5.91 Å². The fourth-order valence-corrected chi connectivity index (χ4v) is 6.22. The zero-order chi connectivity index (χ0) is 29.8. The number of likely N-dealkylation sites (N-methyl/N-ethyl adjacent to an activating group) is 2. The number of carbonyl (C=O) groups excluding carboxylic acids is 4. The number of phenolic OH excluding ortho intramolecular Hbond substituents is 1. The third-order valence-electron chi connectivity index (χ3n) is 7.99. The number of nitrogens with one attached hydrogen (secondary N) is 2. The molecule has 0 saturated heterocycles. The number of aliphatic hydroxyl groups is 3. The number of rotatable bonds is 7. The molecule has 1 fully saturated rings. The minimum atomic E-state index is -2.72. The van der Waals surface area contributed by atoms with Gasteiger partial charge in [0.2, 0.25) is 11.7 Å². The van der Waals surface area contributed by atoms with Crippen LogP contribution < -0.4 is 21.3 Å². The number of benzene rings is 1. The van der Waals surface area contributed by atoms with Crippen molar-refractivity contribution in [2.45, 2.75) is 31.4 Å². The Morgan fingerprint density at radius 1 is 1.15 bits per heavy atom. The van der Waals surface area contributed by atoms with Crippen LogP contribution in [0.15, 0.2) is 23.0 Å². The lowest BCUT2D eigenvalue weighted by molar-refractivity contribution is -0.153. The Morgan fingerprint density at radius 3 is 2.35 bits per heavy atom. The van der Waals surface area contributed by atoms with E-state index in [4.69, 9.17) is 5.73 Å².